The van der Waals surface area contributed by atoms with E-state index in [1.165, 1.54) is 0 Å². The minimum Gasteiger partial charge on any atom is -0.345 e. The van der Waals surface area contributed by atoms with Gasteiger partial charge in [-0.1, -0.05) is 30.3 Å². The largest absolute Gasteiger partial charge is 0.345 e. The van der Waals surface area contributed by atoms with E-state index < -0.39 is 15.4 Å². The summed E-state index contributed by atoms with van der Waals surface area (Å²) in [6.45, 7) is 1.48. The second-order valence-corrected chi connectivity index (χ2v) is 9.35. The molecule has 0 N–H and O–H groups in total. The number of nitrogens with zero attached hydrogens (tertiary/aromatic N) is 2. The van der Waals surface area contributed by atoms with Gasteiger partial charge in [0.15, 0.2) is 0 Å². The summed E-state index contributed by atoms with van der Waals surface area (Å²) in [6, 6.07) is 9.91. The van der Waals surface area contributed by atoms with Crippen molar-refractivity contribution < 1.29 is 13.2 Å². The Balaban J connectivity index is 1.74. The van der Waals surface area contributed by atoms with Gasteiger partial charge in [0.1, 0.15) is 0 Å². The van der Waals surface area contributed by atoms with Crippen LogP contribution in [0.4, 0.5) is 0 Å². The van der Waals surface area contributed by atoms with E-state index in [1.807, 2.05) is 37.4 Å². The maximum atomic E-state index is 12.9. The third kappa shape index (κ3) is 2.22. The molecule has 1 spiro atoms. The molecule has 0 radical (unpaired) electrons. The molecule has 2 aliphatic heterocycles. The zero-order valence-corrected chi connectivity index (χ0v) is 14.1. The Morgan fingerprint density at radius 1 is 1.17 bits per heavy atom. The minimum absolute atomic E-state index is 0.0466. The summed E-state index contributed by atoms with van der Waals surface area (Å²) >= 11 is 0. The molecule has 1 saturated carbocycles. The van der Waals surface area contributed by atoms with Gasteiger partial charge in [-0.25, -0.2) is 8.42 Å². The van der Waals surface area contributed by atoms with Crippen LogP contribution in [0.1, 0.15) is 30.7 Å². The van der Waals surface area contributed by atoms with Crippen molar-refractivity contribution >= 4 is 15.9 Å². The lowest BCUT2D eigenvalue weighted by atomic mass is 9.73. The summed E-state index contributed by atoms with van der Waals surface area (Å²) < 4.78 is 27.0. The predicted octanol–water partition coefficient (Wildman–Crippen LogP) is 1.43. The molecule has 3 aliphatic rings. The fraction of sp³-hybridized carbons (Fsp3) is 0.588. The van der Waals surface area contributed by atoms with Crippen LogP contribution in [0.15, 0.2) is 30.3 Å². The van der Waals surface area contributed by atoms with Crippen LogP contribution in [0.25, 0.3) is 0 Å². The van der Waals surface area contributed by atoms with Crippen molar-refractivity contribution in [1.29, 1.82) is 0 Å². The third-order valence-corrected chi connectivity index (χ3v) is 8.00. The van der Waals surface area contributed by atoms with Crippen LogP contribution in [-0.4, -0.2) is 55.5 Å². The standard InChI is InChI=1S/C17H22N2O3S/c1-18-10-9-17(16(18)20)12-19(23(21,22)14-7-8-14)11-15(17)13-5-3-2-4-6-13/h2-6,14-15H,7-12H2,1H3/t15-,17+/m1/s1. The number of likely N-dealkylation sites (tertiary alicyclic amines) is 1. The molecule has 0 aromatic heterocycles. The van der Waals surface area contributed by atoms with Crippen molar-refractivity contribution in [1.82, 2.24) is 9.21 Å². The maximum Gasteiger partial charge on any atom is 0.230 e. The van der Waals surface area contributed by atoms with Gasteiger partial charge in [0.2, 0.25) is 15.9 Å². The molecule has 1 aromatic rings. The molecule has 2 heterocycles. The van der Waals surface area contributed by atoms with Gasteiger partial charge in [-0.3, -0.25) is 4.79 Å². The van der Waals surface area contributed by atoms with Crippen LogP contribution in [0.3, 0.4) is 0 Å². The summed E-state index contributed by atoms with van der Waals surface area (Å²) in [5, 5.41) is -0.219. The van der Waals surface area contributed by atoms with E-state index in [2.05, 4.69) is 0 Å². The van der Waals surface area contributed by atoms with E-state index in [4.69, 9.17) is 0 Å². The lowest BCUT2D eigenvalue weighted by molar-refractivity contribution is -0.134. The van der Waals surface area contributed by atoms with E-state index in [1.54, 1.807) is 9.21 Å². The molecule has 3 fully saturated rings. The highest BCUT2D eigenvalue weighted by atomic mass is 32.2. The van der Waals surface area contributed by atoms with Crippen molar-refractivity contribution in [3.8, 4) is 0 Å². The highest BCUT2D eigenvalue weighted by Gasteiger charge is 2.59. The zero-order valence-electron chi connectivity index (χ0n) is 13.3. The Hall–Kier alpha value is -1.40. The van der Waals surface area contributed by atoms with Gasteiger partial charge < -0.3 is 4.90 Å². The summed E-state index contributed by atoms with van der Waals surface area (Å²) in [7, 11) is -1.43. The van der Waals surface area contributed by atoms with E-state index >= 15 is 0 Å². The van der Waals surface area contributed by atoms with Crippen LogP contribution in [0, 0.1) is 5.41 Å². The Morgan fingerprint density at radius 2 is 1.87 bits per heavy atom. The molecule has 2 atom stereocenters. The average Bonchev–Trinajstić information content (AvgIpc) is 3.29. The van der Waals surface area contributed by atoms with Crippen molar-refractivity contribution in [2.75, 3.05) is 26.7 Å². The lowest BCUT2D eigenvalue weighted by Crippen LogP contribution is -2.39. The van der Waals surface area contributed by atoms with Crippen LogP contribution in [0.2, 0.25) is 0 Å². The molecular weight excluding hydrogens is 312 g/mol. The normalized spacial score (nSPS) is 32.1. The lowest BCUT2D eigenvalue weighted by Gasteiger charge is -2.28. The number of sulfonamides is 1. The van der Waals surface area contributed by atoms with Gasteiger partial charge in [-0.05, 0) is 24.8 Å². The van der Waals surface area contributed by atoms with E-state index in [0.29, 0.717) is 19.6 Å². The highest BCUT2D eigenvalue weighted by molar-refractivity contribution is 7.90. The molecule has 0 bridgehead atoms. The van der Waals surface area contributed by atoms with Crippen LogP contribution < -0.4 is 0 Å². The van der Waals surface area contributed by atoms with E-state index in [9.17, 15) is 13.2 Å². The van der Waals surface area contributed by atoms with Crippen molar-refractivity contribution in [3.05, 3.63) is 35.9 Å². The van der Waals surface area contributed by atoms with Crippen LogP contribution in [-0.2, 0) is 14.8 Å². The van der Waals surface area contributed by atoms with Crippen molar-refractivity contribution in [2.24, 2.45) is 5.41 Å². The highest BCUT2D eigenvalue weighted by Crippen LogP contribution is 2.51. The van der Waals surface area contributed by atoms with Crippen molar-refractivity contribution in [3.63, 3.8) is 0 Å². The number of benzene rings is 1. The Kier molecular flexibility index (Phi) is 3.32. The summed E-state index contributed by atoms with van der Waals surface area (Å²) in [5.41, 5.74) is 0.488. The number of amides is 1. The van der Waals surface area contributed by atoms with Gasteiger partial charge >= 0.3 is 0 Å². The first kappa shape index (κ1) is 15.1. The SMILES string of the molecule is CN1CC[C@@]2(CN(S(=O)(=O)C3CC3)C[C@@H]2c2ccccc2)C1=O. The fourth-order valence-corrected chi connectivity index (χ4v) is 6.09. The first-order valence-corrected chi connectivity index (χ1v) is 9.75. The maximum absolute atomic E-state index is 12.9. The molecule has 1 amide bonds. The topological polar surface area (TPSA) is 57.7 Å². The smallest absolute Gasteiger partial charge is 0.230 e. The number of hydrogen-bond acceptors (Lipinski definition) is 3. The molecule has 124 valence electrons. The second-order valence-electron chi connectivity index (χ2n) is 7.13. The Labute approximate surface area is 137 Å². The monoisotopic (exact) mass is 334 g/mol. The van der Waals surface area contributed by atoms with Crippen LogP contribution in [0.5, 0.6) is 0 Å². The molecule has 2 saturated heterocycles. The first-order chi connectivity index (χ1) is 10.9. The molecule has 23 heavy (non-hydrogen) atoms. The molecule has 5 nitrogen and oxygen atoms in total. The summed E-state index contributed by atoms with van der Waals surface area (Å²) in [4.78, 5) is 14.6. The minimum atomic E-state index is -3.25. The van der Waals surface area contributed by atoms with Gasteiger partial charge in [-0.2, -0.15) is 4.31 Å². The summed E-state index contributed by atoms with van der Waals surface area (Å²) in [6.07, 6.45) is 2.25. The number of carbonyl (C=O) groups excluding carboxylic acids is 1. The Bertz CT molecular complexity index is 729. The summed E-state index contributed by atoms with van der Waals surface area (Å²) in [5.74, 6) is 0.0505. The predicted molar refractivity (Wildman–Crippen MR) is 87.4 cm³/mol. The quantitative estimate of drug-likeness (QED) is 0.840. The first-order valence-electron chi connectivity index (χ1n) is 8.25. The van der Waals surface area contributed by atoms with Gasteiger partial charge in [-0.15, -0.1) is 0 Å². The van der Waals surface area contributed by atoms with Crippen LogP contribution >= 0.6 is 0 Å². The van der Waals surface area contributed by atoms with Crippen molar-refractivity contribution in [2.45, 2.75) is 30.4 Å². The molecule has 1 aliphatic carbocycles. The molecular formula is C17H22N2O3S. The van der Waals surface area contributed by atoms with Gasteiger partial charge in [0, 0.05) is 32.6 Å². The molecule has 0 unspecified atom stereocenters. The molecule has 4 rings (SSSR count). The average molecular weight is 334 g/mol. The van der Waals surface area contributed by atoms with Gasteiger partial charge in [0.25, 0.3) is 0 Å². The van der Waals surface area contributed by atoms with Gasteiger partial charge in [0.05, 0.1) is 10.7 Å². The third-order valence-electron chi connectivity index (χ3n) is 5.69. The zero-order chi connectivity index (χ0) is 16.2. The molecule has 1 aromatic carbocycles. The molecule has 6 heteroatoms. The fourth-order valence-electron chi connectivity index (χ4n) is 4.17. The van der Waals surface area contributed by atoms with E-state index in [0.717, 1.165) is 24.8 Å². The Morgan fingerprint density at radius 3 is 2.43 bits per heavy atom. The second kappa shape index (κ2) is 5.05. The number of hydrogen-bond donors (Lipinski definition) is 0. The number of rotatable bonds is 3. The van der Waals surface area contributed by atoms with E-state index in [-0.39, 0.29) is 17.1 Å². The number of carbonyl (C=O) groups is 1.